The molecule has 0 radical (unpaired) electrons. The summed E-state index contributed by atoms with van der Waals surface area (Å²) < 4.78 is 10.7. The highest BCUT2D eigenvalue weighted by atomic mass is 16.5. The van der Waals surface area contributed by atoms with E-state index in [1.807, 2.05) is 0 Å². The first-order valence-electron chi connectivity index (χ1n) is 6.66. The maximum absolute atomic E-state index is 12.4. The molecule has 4 nitrogen and oxygen atoms in total. The largest absolute Gasteiger partial charge is 0.381 e. The van der Waals surface area contributed by atoms with Gasteiger partial charge in [-0.2, -0.15) is 0 Å². The number of ether oxygens (including phenoxy) is 2. The summed E-state index contributed by atoms with van der Waals surface area (Å²) in [5, 5.41) is 0. The summed E-state index contributed by atoms with van der Waals surface area (Å²) in [4.78, 5) is 12.4. The molecule has 0 amide bonds. The van der Waals surface area contributed by atoms with E-state index in [9.17, 15) is 4.79 Å². The number of hydrogen-bond donors (Lipinski definition) is 1. The molecule has 2 saturated heterocycles. The molecule has 0 aliphatic carbocycles. The third kappa shape index (κ3) is 3.06. The first-order valence-corrected chi connectivity index (χ1v) is 6.66. The molecule has 0 spiro atoms. The minimum Gasteiger partial charge on any atom is -0.381 e. The summed E-state index contributed by atoms with van der Waals surface area (Å²) in [6, 6.07) is 0. The van der Waals surface area contributed by atoms with Crippen molar-refractivity contribution in [3.8, 4) is 0 Å². The van der Waals surface area contributed by atoms with Crippen molar-refractivity contribution in [3.63, 3.8) is 0 Å². The van der Waals surface area contributed by atoms with Crippen LogP contribution in [0.25, 0.3) is 0 Å². The summed E-state index contributed by atoms with van der Waals surface area (Å²) in [7, 11) is 0. The molecule has 0 bridgehead atoms. The zero-order chi connectivity index (χ0) is 12.1. The van der Waals surface area contributed by atoms with E-state index in [0.717, 1.165) is 38.9 Å². The fourth-order valence-electron chi connectivity index (χ4n) is 2.79. The van der Waals surface area contributed by atoms with E-state index in [2.05, 4.69) is 0 Å². The monoisotopic (exact) mass is 241 g/mol. The molecule has 2 N–H and O–H groups in total. The van der Waals surface area contributed by atoms with Gasteiger partial charge in [-0.3, -0.25) is 4.79 Å². The predicted octanol–water partition coefficient (Wildman–Crippen LogP) is 1.13. The lowest BCUT2D eigenvalue weighted by molar-refractivity contribution is -0.135. The highest BCUT2D eigenvalue weighted by Crippen LogP contribution is 2.34. The molecule has 0 aromatic heterocycles. The van der Waals surface area contributed by atoms with Crippen molar-refractivity contribution in [2.45, 2.75) is 32.1 Å². The van der Waals surface area contributed by atoms with Crippen LogP contribution in [0.2, 0.25) is 0 Å². The fourth-order valence-corrected chi connectivity index (χ4v) is 2.79. The van der Waals surface area contributed by atoms with Crippen LogP contribution in [-0.4, -0.2) is 38.8 Å². The van der Waals surface area contributed by atoms with Crippen LogP contribution in [0.4, 0.5) is 0 Å². The molecule has 2 rings (SSSR count). The third-order valence-corrected chi connectivity index (χ3v) is 4.25. The summed E-state index contributed by atoms with van der Waals surface area (Å²) in [6.45, 7) is 3.43. The van der Waals surface area contributed by atoms with Crippen LogP contribution < -0.4 is 5.73 Å². The minimum atomic E-state index is -0.295. The van der Waals surface area contributed by atoms with Crippen LogP contribution in [0.1, 0.15) is 32.1 Å². The Bertz CT molecular complexity index is 255. The summed E-state index contributed by atoms with van der Waals surface area (Å²) in [5.74, 6) is 0.859. The Kier molecular flexibility index (Phi) is 4.54. The van der Waals surface area contributed by atoms with Crippen molar-refractivity contribution in [2.24, 2.45) is 17.1 Å². The average molecular weight is 241 g/mol. The molecular formula is C13H23NO3. The Hall–Kier alpha value is -0.450. The highest BCUT2D eigenvalue weighted by Gasteiger charge is 2.39. The van der Waals surface area contributed by atoms with Gasteiger partial charge in [0.15, 0.2) is 0 Å². The molecule has 0 atom stereocenters. The van der Waals surface area contributed by atoms with Crippen LogP contribution in [0, 0.1) is 11.3 Å². The second kappa shape index (κ2) is 5.94. The minimum absolute atomic E-state index is 0.295. The number of ketones is 1. The fraction of sp³-hybridized carbons (Fsp3) is 0.923. The Morgan fingerprint density at radius 1 is 1.12 bits per heavy atom. The van der Waals surface area contributed by atoms with Gasteiger partial charge in [0.05, 0.1) is 0 Å². The molecule has 2 heterocycles. The van der Waals surface area contributed by atoms with Crippen LogP contribution in [0.15, 0.2) is 0 Å². The Balaban J connectivity index is 1.91. The van der Waals surface area contributed by atoms with E-state index in [4.69, 9.17) is 15.2 Å². The van der Waals surface area contributed by atoms with Gasteiger partial charge >= 0.3 is 0 Å². The maximum Gasteiger partial charge on any atom is 0.140 e. The van der Waals surface area contributed by atoms with E-state index >= 15 is 0 Å². The molecule has 98 valence electrons. The second-order valence-electron chi connectivity index (χ2n) is 5.28. The Morgan fingerprint density at radius 3 is 2.29 bits per heavy atom. The molecule has 0 unspecified atom stereocenters. The van der Waals surface area contributed by atoms with Gasteiger partial charge in [0.2, 0.25) is 0 Å². The maximum atomic E-state index is 12.4. The van der Waals surface area contributed by atoms with E-state index in [1.54, 1.807) is 0 Å². The molecule has 2 aliphatic rings. The Morgan fingerprint density at radius 2 is 1.71 bits per heavy atom. The summed E-state index contributed by atoms with van der Waals surface area (Å²) >= 11 is 0. The topological polar surface area (TPSA) is 61.6 Å². The number of carbonyl (C=O) groups excluding carboxylic acids is 1. The van der Waals surface area contributed by atoms with E-state index < -0.39 is 0 Å². The number of Topliss-reactive ketones (excluding diaryl/α,β-unsaturated/α-hetero) is 1. The first kappa shape index (κ1) is 13.0. The average Bonchev–Trinajstić information content (AvgIpc) is 2.40. The number of hydrogen-bond acceptors (Lipinski definition) is 4. The normalized spacial score (nSPS) is 25.7. The van der Waals surface area contributed by atoms with E-state index in [-0.39, 0.29) is 5.41 Å². The van der Waals surface area contributed by atoms with Gasteiger partial charge in [-0.1, -0.05) is 0 Å². The number of nitrogens with two attached hydrogens (primary N) is 1. The van der Waals surface area contributed by atoms with Crippen molar-refractivity contribution < 1.29 is 14.3 Å². The molecular weight excluding hydrogens is 218 g/mol. The second-order valence-corrected chi connectivity index (χ2v) is 5.28. The smallest absolute Gasteiger partial charge is 0.140 e. The van der Waals surface area contributed by atoms with Crippen LogP contribution in [-0.2, 0) is 14.3 Å². The molecule has 0 saturated carbocycles. The molecule has 2 aliphatic heterocycles. The van der Waals surface area contributed by atoms with Crippen LogP contribution in [0.3, 0.4) is 0 Å². The van der Waals surface area contributed by atoms with Gasteiger partial charge in [0.1, 0.15) is 5.78 Å². The van der Waals surface area contributed by atoms with Crippen molar-refractivity contribution in [1.29, 1.82) is 0 Å². The lowest BCUT2D eigenvalue weighted by atomic mass is 9.73. The quantitative estimate of drug-likeness (QED) is 0.801. The van der Waals surface area contributed by atoms with Gasteiger partial charge in [-0.15, -0.1) is 0 Å². The Labute approximate surface area is 103 Å². The summed E-state index contributed by atoms with van der Waals surface area (Å²) in [5.41, 5.74) is 5.55. The number of carbonyl (C=O) groups is 1. The van der Waals surface area contributed by atoms with Gasteiger partial charge in [-0.05, 0) is 31.6 Å². The van der Waals surface area contributed by atoms with E-state index in [0.29, 0.717) is 37.9 Å². The molecule has 17 heavy (non-hydrogen) atoms. The lowest BCUT2D eigenvalue weighted by Gasteiger charge is -2.36. The van der Waals surface area contributed by atoms with Crippen molar-refractivity contribution in [2.75, 3.05) is 33.0 Å². The van der Waals surface area contributed by atoms with Crippen molar-refractivity contribution in [3.05, 3.63) is 0 Å². The first-order chi connectivity index (χ1) is 8.27. The SMILES string of the molecule is NCC1(C(=O)CC2CCOCC2)CCOCC1. The molecule has 0 aromatic rings. The third-order valence-electron chi connectivity index (χ3n) is 4.25. The van der Waals surface area contributed by atoms with Gasteiger partial charge < -0.3 is 15.2 Å². The summed E-state index contributed by atoms with van der Waals surface area (Å²) in [6.07, 6.45) is 4.31. The van der Waals surface area contributed by atoms with Crippen molar-refractivity contribution >= 4 is 5.78 Å². The van der Waals surface area contributed by atoms with Crippen LogP contribution >= 0.6 is 0 Å². The number of rotatable bonds is 4. The standard InChI is InChI=1S/C13H23NO3/c14-10-13(3-7-17-8-4-13)12(15)9-11-1-5-16-6-2-11/h11H,1-10,14H2. The zero-order valence-corrected chi connectivity index (χ0v) is 10.5. The van der Waals surface area contributed by atoms with Crippen LogP contribution in [0.5, 0.6) is 0 Å². The van der Waals surface area contributed by atoms with E-state index in [1.165, 1.54) is 0 Å². The van der Waals surface area contributed by atoms with Gasteiger partial charge in [-0.25, -0.2) is 0 Å². The molecule has 4 heteroatoms. The predicted molar refractivity (Wildman–Crippen MR) is 64.7 cm³/mol. The molecule has 0 aromatic carbocycles. The zero-order valence-electron chi connectivity index (χ0n) is 10.5. The van der Waals surface area contributed by atoms with Gasteiger partial charge in [0.25, 0.3) is 0 Å². The highest BCUT2D eigenvalue weighted by molar-refractivity contribution is 5.85. The van der Waals surface area contributed by atoms with Gasteiger partial charge in [0, 0.05) is 44.8 Å². The lowest BCUT2D eigenvalue weighted by Crippen LogP contribution is -2.44. The molecule has 2 fully saturated rings. The van der Waals surface area contributed by atoms with Crippen molar-refractivity contribution in [1.82, 2.24) is 0 Å².